The number of nitrogens with zero attached hydrogens (tertiary/aromatic N) is 2. The fourth-order valence-corrected chi connectivity index (χ4v) is 4.01. The SMILES string of the molecule is O=C(c1ccc(NCC2CCCO2)c([N+](=O)[O-])c1)N1CCC2(CC1)OCCO2. The molecule has 0 aromatic heterocycles. The van der Waals surface area contributed by atoms with Crippen LogP contribution in [0.3, 0.4) is 0 Å². The van der Waals surface area contributed by atoms with Crippen molar-refractivity contribution in [3.63, 3.8) is 0 Å². The Kier molecular flexibility index (Phi) is 5.47. The minimum Gasteiger partial charge on any atom is -0.377 e. The number of benzene rings is 1. The van der Waals surface area contributed by atoms with Gasteiger partial charge in [0.1, 0.15) is 5.69 Å². The van der Waals surface area contributed by atoms with Gasteiger partial charge in [-0.2, -0.15) is 0 Å². The molecule has 3 fully saturated rings. The third kappa shape index (κ3) is 3.96. The Morgan fingerprint density at radius 2 is 2.00 bits per heavy atom. The highest BCUT2D eigenvalue weighted by molar-refractivity contribution is 5.95. The van der Waals surface area contributed by atoms with Crippen LogP contribution in [0, 0.1) is 10.1 Å². The maximum absolute atomic E-state index is 12.8. The Morgan fingerprint density at radius 1 is 1.25 bits per heavy atom. The molecule has 3 aliphatic heterocycles. The molecule has 0 aliphatic carbocycles. The van der Waals surface area contributed by atoms with Gasteiger partial charge in [-0.25, -0.2) is 0 Å². The van der Waals surface area contributed by atoms with E-state index in [-0.39, 0.29) is 17.7 Å². The van der Waals surface area contributed by atoms with E-state index in [0.29, 0.717) is 56.9 Å². The molecule has 1 amide bonds. The summed E-state index contributed by atoms with van der Waals surface area (Å²) >= 11 is 0. The maximum atomic E-state index is 12.8. The summed E-state index contributed by atoms with van der Waals surface area (Å²) in [5.74, 6) is -0.764. The van der Waals surface area contributed by atoms with Crippen molar-refractivity contribution < 1.29 is 23.9 Å². The summed E-state index contributed by atoms with van der Waals surface area (Å²) in [5.41, 5.74) is 0.626. The molecule has 0 radical (unpaired) electrons. The average Bonchev–Trinajstić information content (AvgIpc) is 3.39. The van der Waals surface area contributed by atoms with E-state index in [4.69, 9.17) is 14.2 Å². The Hall–Kier alpha value is -2.23. The largest absolute Gasteiger partial charge is 0.377 e. The lowest BCUT2D eigenvalue weighted by Crippen LogP contribution is -2.47. The molecule has 9 heteroatoms. The highest BCUT2D eigenvalue weighted by Crippen LogP contribution is 2.32. The Morgan fingerprint density at radius 3 is 2.64 bits per heavy atom. The molecule has 3 saturated heterocycles. The van der Waals surface area contributed by atoms with Crippen molar-refractivity contribution in [2.75, 3.05) is 44.8 Å². The van der Waals surface area contributed by atoms with E-state index in [1.807, 2.05) is 0 Å². The number of nitrogens with one attached hydrogen (secondary N) is 1. The number of nitro groups is 1. The summed E-state index contributed by atoms with van der Waals surface area (Å²) in [4.78, 5) is 25.6. The van der Waals surface area contributed by atoms with Crippen LogP contribution in [0.5, 0.6) is 0 Å². The van der Waals surface area contributed by atoms with E-state index in [2.05, 4.69) is 5.32 Å². The first-order valence-electron chi connectivity index (χ1n) is 9.77. The monoisotopic (exact) mass is 391 g/mol. The van der Waals surface area contributed by atoms with Gasteiger partial charge in [-0.3, -0.25) is 14.9 Å². The fourth-order valence-electron chi connectivity index (χ4n) is 4.01. The molecule has 3 aliphatic rings. The maximum Gasteiger partial charge on any atom is 0.293 e. The van der Waals surface area contributed by atoms with Crippen LogP contribution < -0.4 is 5.32 Å². The van der Waals surface area contributed by atoms with Crippen molar-refractivity contribution in [3.05, 3.63) is 33.9 Å². The zero-order valence-corrected chi connectivity index (χ0v) is 15.7. The van der Waals surface area contributed by atoms with Crippen molar-refractivity contribution in [1.82, 2.24) is 4.90 Å². The second kappa shape index (κ2) is 8.02. The van der Waals surface area contributed by atoms with Gasteiger partial charge < -0.3 is 24.4 Å². The number of carbonyl (C=O) groups excluding carboxylic acids is 1. The lowest BCUT2D eigenvalue weighted by atomic mass is 10.0. The first-order valence-corrected chi connectivity index (χ1v) is 9.77. The fraction of sp³-hybridized carbons (Fsp3) is 0.632. The number of nitro benzene ring substituents is 1. The normalized spacial score (nSPS) is 23.9. The second-order valence-corrected chi connectivity index (χ2v) is 7.40. The Labute approximate surface area is 163 Å². The van der Waals surface area contributed by atoms with Crippen LogP contribution in [-0.4, -0.2) is 67.1 Å². The van der Waals surface area contributed by atoms with Crippen LogP contribution in [0.2, 0.25) is 0 Å². The van der Waals surface area contributed by atoms with Crippen LogP contribution >= 0.6 is 0 Å². The van der Waals surface area contributed by atoms with Crippen LogP contribution in [0.1, 0.15) is 36.0 Å². The molecule has 1 aromatic carbocycles. The number of anilines is 1. The van der Waals surface area contributed by atoms with Gasteiger partial charge in [0.2, 0.25) is 0 Å². The van der Waals surface area contributed by atoms with Crippen molar-refractivity contribution in [3.8, 4) is 0 Å². The highest BCUT2D eigenvalue weighted by atomic mass is 16.7. The van der Waals surface area contributed by atoms with Crippen LogP contribution in [-0.2, 0) is 14.2 Å². The number of carbonyl (C=O) groups is 1. The Balaban J connectivity index is 1.43. The van der Waals surface area contributed by atoms with Gasteiger partial charge in [-0.1, -0.05) is 0 Å². The van der Waals surface area contributed by atoms with E-state index < -0.39 is 10.7 Å². The Bertz CT molecular complexity index is 733. The molecule has 1 unspecified atom stereocenters. The summed E-state index contributed by atoms with van der Waals surface area (Å²) < 4.78 is 16.9. The smallest absolute Gasteiger partial charge is 0.293 e. The van der Waals surface area contributed by atoms with Gasteiger partial charge in [-0.15, -0.1) is 0 Å². The molecule has 1 atom stereocenters. The predicted molar refractivity (Wildman–Crippen MR) is 100 cm³/mol. The van der Waals surface area contributed by atoms with E-state index >= 15 is 0 Å². The van der Waals surface area contributed by atoms with E-state index in [9.17, 15) is 14.9 Å². The van der Waals surface area contributed by atoms with Crippen molar-refractivity contribution >= 4 is 17.3 Å². The van der Waals surface area contributed by atoms with Gasteiger partial charge in [0.15, 0.2) is 5.79 Å². The van der Waals surface area contributed by atoms with Gasteiger partial charge in [0, 0.05) is 50.7 Å². The third-order valence-corrected chi connectivity index (χ3v) is 5.61. The molecule has 0 bridgehead atoms. The minimum atomic E-state index is -0.557. The number of piperidine rings is 1. The van der Waals surface area contributed by atoms with Gasteiger partial charge in [-0.05, 0) is 25.0 Å². The van der Waals surface area contributed by atoms with Crippen molar-refractivity contribution in [1.29, 1.82) is 0 Å². The number of rotatable bonds is 5. The number of amides is 1. The molecule has 3 heterocycles. The van der Waals surface area contributed by atoms with E-state index in [1.54, 1.807) is 17.0 Å². The zero-order valence-electron chi connectivity index (χ0n) is 15.7. The third-order valence-electron chi connectivity index (χ3n) is 5.61. The van der Waals surface area contributed by atoms with Gasteiger partial charge in [0.05, 0.1) is 24.2 Å². The van der Waals surface area contributed by atoms with Crippen LogP contribution in [0.25, 0.3) is 0 Å². The molecule has 152 valence electrons. The number of ether oxygens (including phenoxy) is 3. The molecule has 1 N–H and O–H groups in total. The predicted octanol–water partition coefficient (Wildman–Crippen LogP) is 2.16. The van der Waals surface area contributed by atoms with Gasteiger partial charge >= 0.3 is 0 Å². The molecule has 1 spiro atoms. The summed E-state index contributed by atoms with van der Waals surface area (Å²) in [6, 6.07) is 4.60. The first kappa shape index (κ1) is 19.1. The molecule has 1 aromatic rings. The topological polar surface area (TPSA) is 103 Å². The number of hydrogen-bond acceptors (Lipinski definition) is 7. The van der Waals surface area contributed by atoms with Crippen LogP contribution in [0.4, 0.5) is 11.4 Å². The second-order valence-electron chi connectivity index (χ2n) is 7.40. The number of hydrogen-bond donors (Lipinski definition) is 1. The van der Waals surface area contributed by atoms with E-state index in [0.717, 1.165) is 19.4 Å². The van der Waals surface area contributed by atoms with Crippen molar-refractivity contribution in [2.24, 2.45) is 0 Å². The number of likely N-dealkylation sites (tertiary alicyclic amines) is 1. The average molecular weight is 391 g/mol. The van der Waals surface area contributed by atoms with Crippen molar-refractivity contribution in [2.45, 2.75) is 37.6 Å². The quantitative estimate of drug-likeness (QED) is 0.606. The lowest BCUT2D eigenvalue weighted by molar-refractivity contribution is -0.384. The summed E-state index contributed by atoms with van der Waals surface area (Å²) in [6.45, 7) is 3.43. The van der Waals surface area contributed by atoms with Crippen LogP contribution in [0.15, 0.2) is 18.2 Å². The minimum absolute atomic E-state index is 0.0709. The molecule has 4 rings (SSSR count). The summed E-state index contributed by atoms with van der Waals surface area (Å²) in [5, 5.41) is 14.6. The molecular formula is C19H25N3O6. The molecule has 28 heavy (non-hydrogen) atoms. The zero-order chi connectivity index (χ0) is 19.6. The van der Waals surface area contributed by atoms with Gasteiger partial charge in [0.25, 0.3) is 11.6 Å². The summed E-state index contributed by atoms with van der Waals surface area (Å²) in [6.07, 6.45) is 3.25. The van der Waals surface area contributed by atoms with E-state index in [1.165, 1.54) is 6.07 Å². The molecule has 9 nitrogen and oxygen atoms in total. The standard InChI is InChI=1S/C19H25N3O6/c23-18(21-7-5-19(6-8-21)27-10-11-28-19)14-3-4-16(17(12-14)22(24)25)20-13-15-2-1-9-26-15/h3-4,12,15,20H,1-2,5-11,13H2. The first-order chi connectivity index (χ1) is 13.6. The molecular weight excluding hydrogens is 366 g/mol. The molecule has 0 saturated carbocycles. The lowest BCUT2D eigenvalue weighted by Gasteiger charge is -2.37. The highest BCUT2D eigenvalue weighted by Gasteiger charge is 2.41. The summed E-state index contributed by atoms with van der Waals surface area (Å²) in [7, 11) is 0.